The van der Waals surface area contributed by atoms with E-state index in [0.29, 0.717) is 6.04 Å². The standard InChI is InChI=1S/C24H30N6S/c1-18-7-9-20(10-8-18)30-14-11-19-16-29(17-22(19)30)13-5-15-31-24-27-26-23(28(24)2)21-6-3-4-12-25-21/h3-4,6-10,12,19,22H,5,11,13-17H2,1-2H3. The zero-order chi connectivity index (χ0) is 21.2. The Morgan fingerprint density at radius 1 is 1.06 bits per heavy atom. The Morgan fingerprint density at radius 3 is 2.74 bits per heavy atom. The maximum absolute atomic E-state index is 4.39. The molecule has 4 heterocycles. The Kier molecular flexibility index (Phi) is 5.96. The summed E-state index contributed by atoms with van der Waals surface area (Å²) >= 11 is 1.79. The van der Waals surface area contributed by atoms with Gasteiger partial charge in [-0.2, -0.15) is 0 Å². The molecule has 6 nitrogen and oxygen atoms in total. The van der Waals surface area contributed by atoms with E-state index in [9.17, 15) is 0 Å². The zero-order valence-electron chi connectivity index (χ0n) is 18.3. The van der Waals surface area contributed by atoms with Crippen LogP contribution in [-0.2, 0) is 7.05 Å². The predicted octanol–water partition coefficient (Wildman–Crippen LogP) is 3.88. The summed E-state index contributed by atoms with van der Waals surface area (Å²) in [4.78, 5) is 9.68. The highest BCUT2D eigenvalue weighted by Crippen LogP contribution is 2.35. The van der Waals surface area contributed by atoms with Crippen molar-refractivity contribution in [1.82, 2.24) is 24.6 Å². The smallest absolute Gasteiger partial charge is 0.191 e. The molecule has 5 rings (SSSR count). The number of rotatable bonds is 7. The summed E-state index contributed by atoms with van der Waals surface area (Å²) in [5.41, 5.74) is 3.59. The van der Waals surface area contributed by atoms with Gasteiger partial charge in [0.2, 0.25) is 0 Å². The fraction of sp³-hybridized carbons (Fsp3) is 0.458. The Hall–Kier alpha value is -2.38. The van der Waals surface area contributed by atoms with Crippen LogP contribution in [0.15, 0.2) is 53.8 Å². The molecule has 2 fully saturated rings. The minimum absolute atomic E-state index is 0.676. The lowest BCUT2D eigenvalue weighted by molar-refractivity contribution is 0.319. The summed E-state index contributed by atoms with van der Waals surface area (Å²) in [6, 6.07) is 15.6. The molecule has 2 aromatic heterocycles. The lowest BCUT2D eigenvalue weighted by atomic mass is 10.0. The van der Waals surface area contributed by atoms with Crippen molar-refractivity contribution in [2.45, 2.75) is 31.0 Å². The Balaban J connectivity index is 1.11. The first-order valence-electron chi connectivity index (χ1n) is 11.2. The van der Waals surface area contributed by atoms with Gasteiger partial charge in [0.1, 0.15) is 5.69 Å². The molecule has 1 aromatic carbocycles. The van der Waals surface area contributed by atoms with Crippen molar-refractivity contribution in [3.63, 3.8) is 0 Å². The molecule has 31 heavy (non-hydrogen) atoms. The van der Waals surface area contributed by atoms with E-state index >= 15 is 0 Å². The van der Waals surface area contributed by atoms with Gasteiger partial charge in [-0.25, -0.2) is 0 Å². The third-order valence-corrected chi connectivity index (χ3v) is 7.67. The van der Waals surface area contributed by atoms with Crippen LogP contribution in [0.25, 0.3) is 11.5 Å². The quantitative estimate of drug-likeness (QED) is 0.416. The molecule has 0 N–H and O–H groups in total. The second kappa shape index (κ2) is 9.01. The summed E-state index contributed by atoms with van der Waals surface area (Å²) in [6.45, 7) is 6.95. The zero-order valence-corrected chi connectivity index (χ0v) is 19.1. The summed E-state index contributed by atoms with van der Waals surface area (Å²) < 4.78 is 2.05. The number of benzene rings is 1. The van der Waals surface area contributed by atoms with E-state index in [1.54, 1.807) is 18.0 Å². The molecule has 2 atom stereocenters. The van der Waals surface area contributed by atoms with Crippen molar-refractivity contribution in [3.8, 4) is 11.5 Å². The minimum atomic E-state index is 0.676. The molecule has 0 radical (unpaired) electrons. The van der Waals surface area contributed by atoms with Crippen molar-refractivity contribution in [3.05, 3.63) is 54.2 Å². The van der Waals surface area contributed by atoms with Crippen LogP contribution in [0.1, 0.15) is 18.4 Å². The van der Waals surface area contributed by atoms with Crippen LogP contribution in [0.5, 0.6) is 0 Å². The molecule has 0 aliphatic carbocycles. The van der Waals surface area contributed by atoms with E-state index in [2.05, 4.69) is 56.2 Å². The number of hydrogen-bond donors (Lipinski definition) is 0. The van der Waals surface area contributed by atoms with Crippen LogP contribution in [0.4, 0.5) is 5.69 Å². The largest absolute Gasteiger partial charge is 0.367 e. The van der Waals surface area contributed by atoms with E-state index in [-0.39, 0.29) is 0 Å². The van der Waals surface area contributed by atoms with Gasteiger partial charge in [0.25, 0.3) is 0 Å². The molecule has 0 amide bonds. The van der Waals surface area contributed by atoms with Crippen molar-refractivity contribution in [2.75, 3.05) is 36.8 Å². The lowest BCUT2D eigenvalue weighted by Gasteiger charge is -2.27. The van der Waals surface area contributed by atoms with E-state index in [4.69, 9.17) is 0 Å². The van der Waals surface area contributed by atoms with Gasteiger partial charge in [-0.05, 0) is 56.5 Å². The molecular formula is C24H30N6S. The number of nitrogens with zero attached hydrogens (tertiary/aromatic N) is 6. The average Bonchev–Trinajstić information content (AvgIpc) is 3.47. The van der Waals surface area contributed by atoms with Gasteiger partial charge in [0.15, 0.2) is 11.0 Å². The molecule has 2 aliphatic heterocycles. The molecule has 2 unspecified atom stereocenters. The summed E-state index contributed by atoms with van der Waals surface area (Å²) in [5, 5.41) is 9.67. The van der Waals surface area contributed by atoms with Gasteiger partial charge >= 0.3 is 0 Å². The average molecular weight is 435 g/mol. The summed E-state index contributed by atoms with van der Waals surface area (Å²) in [7, 11) is 2.02. The number of pyridine rings is 1. The molecule has 3 aromatic rings. The van der Waals surface area contributed by atoms with Crippen LogP contribution < -0.4 is 4.90 Å². The van der Waals surface area contributed by atoms with Crippen molar-refractivity contribution < 1.29 is 0 Å². The van der Waals surface area contributed by atoms with E-state index in [0.717, 1.165) is 34.9 Å². The molecule has 7 heteroatoms. The Morgan fingerprint density at radius 2 is 1.94 bits per heavy atom. The third-order valence-electron chi connectivity index (χ3n) is 6.57. The first-order valence-corrected chi connectivity index (χ1v) is 12.2. The fourth-order valence-electron chi connectivity index (χ4n) is 4.90. The normalized spacial score (nSPS) is 21.0. The minimum Gasteiger partial charge on any atom is -0.367 e. The van der Waals surface area contributed by atoms with Crippen molar-refractivity contribution in [2.24, 2.45) is 13.0 Å². The third kappa shape index (κ3) is 4.34. The molecule has 2 aliphatic rings. The van der Waals surface area contributed by atoms with Crippen LogP contribution in [0.2, 0.25) is 0 Å². The SMILES string of the molecule is Cc1ccc(N2CCC3CN(CCCSc4nnc(-c5ccccn5)n4C)CC32)cc1. The number of anilines is 1. The number of hydrogen-bond acceptors (Lipinski definition) is 6. The highest BCUT2D eigenvalue weighted by atomic mass is 32.2. The number of thioether (sulfide) groups is 1. The van der Waals surface area contributed by atoms with E-state index < -0.39 is 0 Å². The Labute approximate surface area is 188 Å². The number of likely N-dealkylation sites (tertiary alicyclic amines) is 1. The van der Waals surface area contributed by atoms with Crippen LogP contribution in [-0.4, -0.2) is 62.6 Å². The van der Waals surface area contributed by atoms with Gasteiger partial charge in [0.05, 0.1) is 0 Å². The van der Waals surface area contributed by atoms with Gasteiger partial charge < -0.3 is 14.4 Å². The van der Waals surface area contributed by atoms with E-state index in [1.807, 2.05) is 29.8 Å². The second-order valence-corrected chi connectivity index (χ2v) is 9.75. The summed E-state index contributed by atoms with van der Waals surface area (Å²) in [5.74, 6) is 2.70. The number of fused-ring (bicyclic) bond motifs is 1. The monoisotopic (exact) mass is 434 g/mol. The lowest BCUT2D eigenvalue weighted by Crippen LogP contribution is -2.35. The first-order chi connectivity index (χ1) is 15.2. The highest BCUT2D eigenvalue weighted by Gasteiger charge is 2.40. The van der Waals surface area contributed by atoms with Crippen molar-refractivity contribution >= 4 is 17.4 Å². The van der Waals surface area contributed by atoms with Gasteiger partial charge in [-0.1, -0.05) is 35.5 Å². The predicted molar refractivity (Wildman–Crippen MR) is 126 cm³/mol. The molecular weight excluding hydrogens is 404 g/mol. The van der Waals surface area contributed by atoms with Gasteiger partial charge in [0, 0.05) is 50.4 Å². The molecule has 0 spiro atoms. The molecule has 0 bridgehead atoms. The van der Waals surface area contributed by atoms with E-state index in [1.165, 1.54) is 43.7 Å². The highest BCUT2D eigenvalue weighted by molar-refractivity contribution is 7.99. The van der Waals surface area contributed by atoms with Crippen LogP contribution in [0.3, 0.4) is 0 Å². The van der Waals surface area contributed by atoms with Gasteiger partial charge in [-0.3, -0.25) is 4.98 Å². The first kappa shape index (κ1) is 20.5. The topological polar surface area (TPSA) is 50.1 Å². The number of aromatic nitrogens is 4. The van der Waals surface area contributed by atoms with Gasteiger partial charge in [-0.15, -0.1) is 10.2 Å². The summed E-state index contributed by atoms with van der Waals surface area (Å²) in [6.07, 6.45) is 4.28. The van der Waals surface area contributed by atoms with Crippen molar-refractivity contribution in [1.29, 1.82) is 0 Å². The van der Waals surface area contributed by atoms with Crippen LogP contribution in [0, 0.1) is 12.8 Å². The number of aryl methyl sites for hydroxylation is 1. The molecule has 162 valence electrons. The maximum atomic E-state index is 4.39. The Bertz CT molecular complexity index is 1000. The van der Waals surface area contributed by atoms with Crippen LogP contribution >= 0.6 is 11.8 Å². The molecule has 0 saturated carbocycles. The maximum Gasteiger partial charge on any atom is 0.191 e. The fourth-order valence-corrected chi connectivity index (χ4v) is 5.73. The second-order valence-electron chi connectivity index (χ2n) is 8.69. The molecule has 2 saturated heterocycles.